The number of ketones is 1. The van der Waals surface area contributed by atoms with Gasteiger partial charge in [-0.15, -0.1) is 15.7 Å². The highest BCUT2D eigenvalue weighted by Crippen LogP contribution is 2.36. The van der Waals surface area contributed by atoms with Crippen LogP contribution >= 0.6 is 9.24 Å². The normalized spacial score (nSPS) is 15.8. The summed E-state index contributed by atoms with van der Waals surface area (Å²) in [6, 6.07) is 7.59. The Labute approximate surface area is 195 Å². The fourth-order valence-corrected chi connectivity index (χ4v) is 4.19. The number of hydrogen-bond acceptors (Lipinski definition) is 4. The molecule has 1 aromatic carbocycles. The van der Waals surface area contributed by atoms with E-state index in [4.69, 9.17) is 6.42 Å². The minimum Gasteiger partial charge on any atom is -0.338 e. The Bertz CT molecular complexity index is 1190. The van der Waals surface area contributed by atoms with E-state index < -0.39 is 11.0 Å². The van der Waals surface area contributed by atoms with Crippen molar-refractivity contribution >= 4 is 32.8 Å². The van der Waals surface area contributed by atoms with Crippen LogP contribution in [0.2, 0.25) is 0 Å². The molecule has 3 rings (SSSR count). The summed E-state index contributed by atoms with van der Waals surface area (Å²) >= 11 is 0. The Morgan fingerprint density at radius 1 is 1.30 bits per heavy atom. The molecule has 2 aromatic rings. The van der Waals surface area contributed by atoms with Gasteiger partial charge in [0.05, 0.1) is 22.0 Å². The number of pyridine rings is 1. The van der Waals surface area contributed by atoms with Crippen LogP contribution in [0.3, 0.4) is 0 Å². The molecule has 0 aliphatic carbocycles. The van der Waals surface area contributed by atoms with Crippen molar-refractivity contribution < 1.29 is 14.0 Å². The molecular weight excluding hydrogens is 436 g/mol. The maximum Gasteiger partial charge on any atom is 0.256 e. The number of amides is 1. The second-order valence-electron chi connectivity index (χ2n) is 7.69. The molecule has 0 N–H and O–H groups in total. The van der Waals surface area contributed by atoms with E-state index in [1.165, 1.54) is 12.1 Å². The lowest BCUT2D eigenvalue weighted by atomic mass is 9.87. The van der Waals surface area contributed by atoms with E-state index >= 15 is 0 Å². The van der Waals surface area contributed by atoms with E-state index in [1.807, 2.05) is 0 Å². The molecule has 1 aliphatic rings. The molecule has 1 unspecified atom stereocenters. The number of Topliss-reactive ketones (excluding diaryl/α,β-unsaturated/α-hetero) is 1. The fraction of sp³-hybridized carbons (Fsp3) is 0.231. The first-order valence-electron chi connectivity index (χ1n) is 10.5. The van der Waals surface area contributed by atoms with Gasteiger partial charge in [-0.3, -0.25) is 19.6 Å². The van der Waals surface area contributed by atoms with Crippen molar-refractivity contribution in [3.8, 4) is 12.3 Å². The van der Waals surface area contributed by atoms with Crippen LogP contribution in [0.25, 0.3) is 5.70 Å². The number of hydrogen-bond donors (Lipinski definition) is 0. The lowest BCUT2D eigenvalue weighted by Gasteiger charge is -2.38. The highest BCUT2D eigenvalue weighted by molar-refractivity contribution is 7.21. The van der Waals surface area contributed by atoms with E-state index in [1.54, 1.807) is 54.6 Å². The first-order valence-corrected chi connectivity index (χ1v) is 11.1. The molecule has 168 valence electrons. The van der Waals surface area contributed by atoms with Crippen molar-refractivity contribution in [2.45, 2.75) is 24.9 Å². The number of likely N-dealkylation sites (tertiary alicyclic amines) is 1. The SMILES string of the molecule is C#Cc1ccc(C(=O)C2(P)CCN(C(=O)c3cccnc3C(=C/C=C)/N=C\C)CC2)c(F)c1. The smallest absolute Gasteiger partial charge is 0.256 e. The zero-order valence-corrected chi connectivity index (χ0v) is 19.6. The molecule has 1 fully saturated rings. The summed E-state index contributed by atoms with van der Waals surface area (Å²) in [5, 5.41) is -0.854. The third-order valence-electron chi connectivity index (χ3n) is 5.60. The van der Waals surface area contributed by atoms with Crippen molar-refractivity contribution in [3.63, 3.8) is 0 Å². The summed E-state index contributed by atoms with van der Waals surface area (Å²) in [7, 11) is 2.58. The van der Waals surface area contributed by atoms with Gasteiger partial charge in [0.25, 0.3) is 5.91 Å². The Morgan fingerprint density at radius 3 is 2.64 bits per heavy atom. The number of nitrogens with zero attached hydrogens (tertiary/aromatic N) is 3. The van der Waals surface area contributed by atoms with Crippen LogP contribution in [0, 0.1) is 18.2 Å². The number of benzene rings is 1. The Hall–Kier alpha value is -3.42. The highest BCUT2D eigenvalue weighted by atomic mass is 31.0. The number of carbonyl (C=O) groups is 2. The average molecular weight is 461 g/mol. The van der Waals surface area contributed by atoms with Gasteiger partial charge in [0.2, 0.25) is 0 Å². The monoisotopic (exact) mass is 461 g/mol. The number of carbonyl (C=O) groups excluding carboxylic acids is 2. The van der Waals surface area contributed by atoms with E-state index in [-0.39, 0.29) is 17.3 Å². The molecule has 1 aromatic heterocycles. The van der Waals surface area contributed by atoms with Crippen LogP contribution < -0.4 is 0 Å². The molecule has 1 atom stereocenters. The van der Waals surface area contributed by atoms with Crippen molar-refractivity contribution in [2.24, 2.45) is 4.99 Å². The molecular formula is C26H25FN3O2P. The second-order valence-corrected chi connectivity index (χ2v) is 8.80. The summed E-state index contributed by atoms with van der Waals surface area (Å²) in [4.78, 5) is 36.8. The van der Waals surface area contributed by atoms with Crippen molar-refractivity contribution in [1.29, 1.82) is 0 Å². The fourth-order valence-electron chi connectivity index (χ4n) is 3.78. The number of aliphatic imine (C=N–C) groups is 1. The van der Waals surface area contributed by atoms with E-state index in [2.05, 4.69) is 31.7 Å². The van der Waals surface area contributed by atoms with Crippen LogP contribution in [0.15, 0.2) is 60.3 Å². The Morgan fingerprint density at radius 2 is 2.03 bits per heavy atom. The predicted octanol–water partition coefficient (Wildman–Crippen LogP) is 4.55. The van der Waals surface area contributed by atoms with Crippen molar-refractivity contribution in [1.82, 2.24) is 9.88 Å². The molecule has 1 aliphatic heterocycles. The Balaban J connectivity index is 1.80. The van der Waals surface area contributed by atoms with Gasteiger partial charge in [-0.1, -0.05) is 18.6 Å². The van der Waals surface area contributed by atoms with Gasteiger partial charge in [0.1, 0.15) is 11.5 Å². The van der Waals surface area contributed by atoms with E-state index in [0.717, 1.165) is 0 Å². The molecule has 1 saturated heterocycles. The molecule has 2 heterocycles. The average Bonchev–Trinajstić information content (AvgIpc) is 2.83. The van der Waals surface area contributed by atoms with Gasteiger partial charge in [0, 0.05) is 31.1 Å². The van der Waals surface area contributed by atoms with Crippen LogP contribution in [0.5, 0.6) is 0 Å². The Kier molecular flexibility index (Phi) is 7.68. The number of rotatable bonds is 6. The number of terminal acetylenes is 1. The van der Waals surface area contributed by atoms with Gasteiger partial charge in [0.15, 0.2) is 5.78 Å². The molecule has 5 nitrogen and oxygen atoms in total. The van der Waals surface area contributed by atoms with Crippen molar-refractivity contribution in [2.75, 3.05) is 13.1 Å². The van der Waals surface area contributed by atoms with Crippen LogP contribution in [0.1, 0.15) is 51.7 Å². The number of aromatic nitrogens is 1. The van der Waals surface area contributed by atoms with Gasteiger partial charge in [-0.2, -0.15) is 0 Å². The molecule has 0 bridgehead atoms. The predicted molar refractivity (Wildman–Crippen MR) is 133 cm³/mol. The number of halogens is 1. The third kappa shape index (κ3) is 5.16. The summed E-state index contributed by atoms with van der Waals surface area (Å²) in [5.74, 6) is 1.23. The standard InChI is InChI=1S/C26H25FN3O2P/c1-4-8-22(28-6-3)23-20(9-7-14-29-23)25(32)30-15-12-26(33,13-16-30)24(31)19-11-10-18(5-2)17-21(19)27/h2,4,6-11,14,17H,1,12-13,15-16,33H2,3H3/b22-8-,28-6-. The lowest BCUT2D eigenvalue weighted by Crippen LogP contribution is -2.47. The van der Waals surface area contributed by atoms with Crippen LogP contribution in [-0.2, 0) is 0 Å². The van der Waals surface area contributed by atoms with Gasteiger partial charge in [-0.05, 0) is 56.2 Å². The minimum atomic E-state index is -0.854. The van der Waals surface area contributed by atoms with E-state index in [9.17, 15) is 14.0 Å². The summed E-state index contributed by atoms with van der Waals surface area (Å²) in [5.41, 5.74) is 1.82. The molecule has 33 heavy (non-hydrogen) atoms. The van der Waals surface area contributed by atoms with Gasteiger partial charge < -0.3 is 4.90 Å². The maximum absolute atomic E-state index is 14.5. The first-order chi connectivity index (χ1) is 15.8. The second kappa shape index (κ2) is 10.5. The third-order valence-corrected chi connectivity index (χ3v) is 6.44. The molecule has 1 amide bonds. The lowest BCUT2D eigenvalue weighted by molar-refractivity contribution is 0.0671. The maximum atomic E-state index is 14.5. The largest absolute Gasteiger partial charge is 0.338 e. The quantitative estimate of drug-likeness (QED) is 0.208. The zero-order chi connectivity index (χ0) is 24.0. The minimum absolute atomic E-state index is 0.00922. The number of allylic oxidation sites excluding steroid dienone is 2. The topological polar surface area (TPSA) is 62.6 Å². The van der Waals surface area contributed by atoms with Crippen LogP contribution in [0.4, 0.5) is 4.39 Å². The molecule has 0 radical (unpaired) electrons. The molecule has 7 heteroatoms. The summed E-state index contributed by atoms with van der Waals surface area (Å²) in [6.45, 7) is 6.19. The summed E-state index contributed by atoms with van der Waals surface area (Å²) < 4.78 is 14.5. The van der Waals surface area contributed by atoms with Gasteiger partial charge in [-0.25, -0.2) is 4.39 Å². The van der Waals surface area contributed by atoms with Crippen molar-refractivity contribution in [3.05, 3.63) is 83.5 Å². The zero-order valence-electron chi connectivity index (χ0n) is 18.4. The first kappa shape index (κ1) is 24.2. The molecule has 0 spiro atoms. The summed E-state index contributed by atoms with van der Waals surface area (Å²) in [6.07, 6.45) is 12.6. The van der Waals surface area contributed by atoms with Gasteiger partial charge >= 0.3 is 0 Å². The van der Waals surface area contributed by atoms with Crippen LogP contribution in [-0.4, -0.2) is 46.0 Å². The highest BCUT2D eigenvalue weighted by Gasteiger charge is 2.40. The van der Waals surface area contributed by atoms with E-state index in [0.29, 0.717) is 48.4 Å². The number of piperidine rings is 1. The molecule has 0 saturated carbocycles.